The van der Waals surface area contributed by atoms with Gasteiger partial charge >= 0.3 is 0 Å². The third kappa shape index (κ3) is 4.41. The van der Waals surface area contributed by atoms with Gasteiger partial charge in [0.25, 0.3) is 0 Å². The SMILES string of the molecule is CC(NC(=O)[C@H]1CNC[C@@H]1c1cnn(C)c1)C(C)c1ccccc1.Cl. The summed E-state index contributed by atoms with van der Waals surface area (Å²) in [6.07, 6.45) is 3.88. The van der Waals surface area contributed by atoms with Gasteiger partial charge in [-0.3, -0.25) is 9.48 Å². The van der Waals surface area contributed by atoms with Crippen LogP contribution in [-0.2, 0) is 11.8 Å². The number of hydrogen-bond acceptors (Lipinski definition) is 3. The Bertz CT molecular complexity index is 688. The Kier molecular flexibility index (Phi) is 6.62. The smallest absolute Gasteiger partial charge is 0.225 e. The van der Waals surface area contributed by atoms with E-state index in [-0.39, 0.29) is 42.1 Å². The number of nitrogens with zero attached hydrogens (tertiary/aromatic N) is 2. The summed E-state index contributed by atoms with van der Waals surface area (Å²) in [4.78, 5) is 12.8. The molecule has 136 valence electrons. The normalized spacial score (nSPS) is 22.0. The van der Waals surface area contributed by atoms with Crippen LogP contribution in [0.1, 0.15) is 36.8 Å². The van der Waals surface area contributed by atoms with Gasteiger partial charge in [-0.05, 0) is 18.1 Å². The van der Waals surface area contributed by atoms with E-state index in [9.17, 15) is 4.79 Å². The third-order valence-electron chi connectivity index (χ3n) is 5.15. The van der Waals surface area contributed by atoms with Gasteiger partial charge < -0.3 is 10.6 Å². The molecule has 0 spiro atoms. The lowest BCUT2D eigenvalue weighted by molar-refractivity contribution is -0.125. The van der Waals surface area contributed by atoms with E-state index in [1.54, 1.807) is 4.68 Å². The Balaban J connectivity index is 0.00000225. The second kappa shape index (κ2) is 8.50. The van der Waals surface area contributed by atoms with E-state index in [0.717, 1.165) is 18.7 Å². The topological polar surface area (TPSA) is 59.0 Å². The van der Waals surface area contributed by atoms with Gasteiger partial charge in [0.05, 0.1) is 12.1 Å². The highest BCUT2D eigenvalue weighted by atomic mass is 35.5. The van der Waals surface area contributed by atoms with E-state index in [1.165, 1.54) is 5.56 Å². The minimum absolute atomic E-state index is 0. The number of benzene rings is 1. The molecule has 0 aliphatic carbocycles. The van der Waals surface area contributed by atoms with Crippen molar-refractivity contribution in [3.05, 3.63) is 53.9 Å². The van der Waals surface area contributed by atoms with E-state index in [0.29, 0.717) is 0 Å². The van der Waals surface area contributed by atoms with Crippen molar-refractivity contribution < 1.29 is 4.79 Å². The van der Waals surface area contributed by atoms with Crippen LogP contribution in [0.25, 0.3) is 0 Å². The van der Waals surface area contributed by atoms with Crippen molar-refractivity contribution in [3.63, 3.8) is 0 Å². The summed E-state index contributed by atoms with van der Waals surface area (Å²) in [6, 6.07) is 10.4. The molecule has 1 amide bonds. The molecule has 5 nitrogen and oxygen atoms in total. The zero-order chi connectivity index (χ0) is 17.1. The van der Waals surface area contributed by atoms with Crippen LogP contribution in [0, 0.1) is 5.92 Å². The van der Waals surface area contributed by atoms with Gasteiger partial charge in [0.2, 0.25) is 5.91 Å². The van der Waals surface area contributed by atoms with Gasteiger partial charge in [-0.15, -0.1) is 12.4 Å². The minimum atomic E-state index is -0.0420. The van der Waals surface area contributed by atoms with Crippen molar-refractivity contribution in [1.29, 1.82) is 0 Å². The first-order chi connectivity index (χ1) is 11.6. The Hall–Kier alpha value is -1.85. The first kappa shape index (κ1) is 19.5. The van der Waals surface area contributed by atoms with Crippen LogP contribution in [0.5, 0.6) is 0 Å². The molecular formula is C19H27ClN4O. The van der Waals surface area contributed by atoms with Gasteiger partial charge in [0.15, 0.2) is 0 Å². The molecule has 0 bridgehead atoms. The molecule has 4 atom stereocenters. The van der Waals surface area contributed by atoms with Gasteiger partial charge in [0.1, 0.15) is 0 Å². The van der Waals surface area contributed by atoms with E-state index < -0.39 is 0 Å². The molecule has 1 saturated heterocycles. The zero-order valence-electron chi connectivity index (χ0n) is 15.0. The Morgan fingerprint density at radius 2 is 2.00 bits per heavy atom. The van der Waals surface area contributed by atoms with Crippen LogP contribution in [-0.4, -0.2) is 34.8 Å². The molecule has 2 aromatic rings. The molecule has 2 N–H and O–H groups in total. The lowest BCUT2D eigenvalue weighted by atomic mass is 9.89. The van der Waals surface area contributed by atoms with Crippen molar-refractivity contribution in [2.75, 3.05) is 13.1 Å². The number of rotatable bonds is 5. The molecule has 2 heterocycles. The number of aryl methyl sites for hydroxylation is 1. The van der Waals surface area contributed by atoms with Gasteiger partial charge in [-0.1, -0.05) is 37.3 Å². The number of halogens is 1. The fraction of sp³-hybridized carbons (Fsp3) is 0.474. The maximum absolute atomic E-state index is 12.8. The molecule has 1 fully saturated rings. The highest BCUT2D eigenvalue weighted by Crippen LogP contribution is 2.28. The largest absolute Gasteiger partial charge is 0.353 e. The molecule has 1 aromatic heterocycles. The summed E-state index contributed by atoms with van der Waals surface area (Å²) in [5.74, 6) is 0.558. The van der Waals surface area contributed by atoms with E-state index in [1.807, 2.05) is 37.6 Å². The van der Waals surface area contributed by atoms with Crippen molar-refractivity contribution in [1.82, 2.24) is 20.4 Å². The summed E-state index contributed by atoms with van der Waals surface area (Å²) in [5, 5.41) is 10.8. The van der Waals surface area contributed by atoms with E-state index in [2.05, 4.69) is 41.7 Å². The minimum Gasteiger partial charge on any atom is -0.353 e. The Morgan fingerprint density at radius 3 is 2.64 bits per heavy atom. The second-order valence-corrected chi connectivity index (χ2v) is 6.82. The van der Waals surface area contributed by atoms with E-state index >= 15 is 0 Å². The fourth-order valence-electron chi connectivity index (χ4n) is 3.44. The summed E-state index contributed by atoms with van der Waals surface area (Å²) in [5.41, 5.74) is 2.38. The summed E-state index contributed by atoms with van der Waals surface area (Å²) in [6.45, 7) is 5.78. The lowest BCUT2D eigenvalue weighted by Crippen LogP contribution is -2.41. The summed E-state index contributed by atoms with van der Waals surface area (Å²) in [7, 11) is 1.91. The molecular weight excluding hydrogens is 336 g/mol. The Labute approximate surface area is 155 Å². The van der Waals surface area contributed by atoms with E-state index in [4.69, 9.17) is 0 Å². The number of amides is 1. The first-order valence-electron chi connectivity index (χ1n) is 8.61. The predicted octanol–water partition coefficient (Wildman–Crippen LogP) is 2.45. The van der Waals surface area contributed by atoms with Crippen LogP contribution in [0.4, 0.5) is 0 Å². The maximum atomic E-state index is 12.8. The molecule has 25 heavy (non-hydrogen) atoms. The highest BCUT2D eigenvalue weighted by molar-refractivity contribution is 5.85. The van der Waals surface area contributed by atoms with Crippen LogP contribution in [0.3, 0.4) is 0 Å². The number of carbonyl (C=O) groups excluding carboxylic acids is 1. The molecule has 1 aromatic carbocycles. The Morgan fingerprint density at radius 1 is 1.28 bits per heavy atom. The molecule has 1 aliphatic rings. The third-order valence-corrected chi connectivity index (χ3v) is 5.15. The molecule has 2 unspecified atom stereocenters. The summed E-state index contributed by atoms with van der Waals surface area (Å²) >= 11 is 0. The maximum Gasteiger partial charge on any atom is 0.225 e. The number of hydrogen-bond donors (Lipinski definition) is 2. The molecule has 3 rings (SSSR count). The quantitative estimate of drug-likeness (QED) is 0.859. The van der Waals surface area contributed by atoms with Gasteiger partial charge in [-0.25, -0.2) is 0 Å². The van der Waals surface area contributed by atoms with Crippen molar-refractivity contribution in [2.24, 2.45) is 13.0 Å². The van der Waals surface area contributed by atoms with Crippen LogP contribution in [0.15, 0.2) is 42.7 Å². The average Bonchev–Trinajstić information content (AvgIpc) is 3.23. The van der Waals surface area contributed by atoms with Crippen molar-refractivity contribution in [2.45, 2.75) is 31.7 Å². The standard InChI is InChI=1S/C19H26N4O.ClH/c1-13(15-7-5-4-6-8-15)14(2)22-19(24)18-11-20-10-17(18)16-9-21-23(3)12-16;/h4-9,12-14,17-18,20H,10-11H2,1-3H3,(H,22,24);1H/t13?,14?,17-,18+;/m1./s1. The van der Waals surface area contributed by atoms with Crippen molar-refractivity contribution in [3.8, 4) is 0 Å². The first-order valence-corrected chi connectivity index (χ1v) is 8.61. The number of aromatic nitrogens is 2. The van der Waals surface area contributed by atoms with Crippen LogP contribution >= 0.6 is 12.4 Å². The number of carbonyl (C=O) groups is 1. The molecule has 6 heteroatoms. The predicted molar refractivity (Wildman–Crippen MR) is 102 cm³/mol. The number of nitrogens with one attached hydrogen (secondary N) is 2. The monoisotopic (exact) mass is 362 g/mol. The van der Waals surface area contributed by atoms with Gasteiger partial charge in [-0.2, -0.15) is 5.10 Å². The van der Waals surface area contributed by atoms with Crippen molar-refractivity contribution >= 4 is 18.3 Å². The second-order valence-electron chi connectivity index (χ2n) is 6.82. The summed E-state index contributed by atoms with van der Waals surface area (Å²) < 4.78 is 1.79. The van der Waals surface area contributed by atoms with Gasteiger partial charge in [0, 0.05) is 44.2 Å². The van der Waals surface area contributed by atoms with Crippen LogP contribution < -0.4 is 10.6 Å². The molecule has 1 aliphatic heterocycles. The zero-order valence-corrected chi connectivity index (χ0v) is 15.8. The average molecular weight is 363 g/mol. The van der Waals surface area contributed by atoms with Crippen LogP contribution in [0.2, 0.25) is 0 Å². The molecule has 0 saturated carbocycles. The lowest BCUT2D eigenvalue weighted by Gasteiger charge is -2.25. The highest BCUT2D eigenvalue weighted by Gasteiger charge is 2.35. The molecule has 0 radical (unpaired) electrons. The fourth-order valence-corrected chi connectivity index (χ4v) is 3.44.